The lowest BCUT2D eigenvalue weighted by atomic mass is 9.86. The quantitative estimate of drug-likeness (QED) is 0.444. The summed E-state index contributed by atoms with van der Waals surface area (Å²) in [6.45, 7) is 1.69. The van der Waals surface area contributed by atoms with Crippen molar-refractivity contribution in [3.05, 3.63) is 61.1 Å². The molecule has 4 aromatic heterocycles. The van der Waals surface area contributed by atoms with Crippen molar-refractivity contribution >= 4 is 22.1 Å². The predicted octanol–water partition coefficient (Wildman–Crippen LogP) is 3.30. The van der Waals surface area contributed by atoms with E-state index in [1.807, 2.05) is 42.7 Å². The second kappa shape index (κ2) is 7.59. The van der Waals surface area contributed by atoms with E-state index in [1.54, 1.807) is 10.9 Å². The van der Waals surface area contributed by atoms with E-state index in [9.17, 15) is 5.26 Å². The summed E-state index contributed by atoms with van der Waals surface area (Å²) in [4.78, 5) is 16.6. The van der Waals surface area contributed by atoms with Crippen LogP contribution in [0.25, 0.3) is 33.4 Å². The van der Waals surface area contributed by atoms with Crippen molar-refractivity contribution < 1.29 is 4.42 Å². The second-order valence-electron chi connectivity index (χ2n) is 8.04. The molecule has 0 bridgehead atoms. The summed E-state index contributed by atoms with van der Waals surface area (Å²) in [7, 11) is 0. The molecule has 1 aliphatic rings. The van der Waals surface area contributed by atoms with Crippen LogP contribution >= 0.6 is 0 Å². The molecule has 0 radical (unpaired) electrons. The second-order valence-corrected chi connectivity index (χ2v) is 8.04. The molecule has 1 saturated heterocycles. The third-order valence-electron chi connectivity index (χ3n) is 6.17. The smallest absolute Gasteiger partial charge is 0.221 e. The Morgan fingerprint density at radius 3 is 3.00 bits per heavy atom. The highest BCUT2D eigenvalue weighted by molar-refractivity contribution is 5.90. The Hall–Kier alpha value is -4.03. The van der Waals surface area contributed by atoms with Crippen LogP contribution in [0.1, 0.15) is 18.4 Å². The van der Waals surface area contributed by atoms with Crippen LogP contribution in [0.3, 0.4) is 0 Å². The van der Waals surface area contributed by atoms with Crippen LogP contribution in [-0.4, -0.2) is 42.8 Å². The van der Waals surface area contributed by atoms with E-state index in [0.717, 1.165) is 47.3 Å². The van der Waals surface area contributed by atoms with Crippen molar-refractivity contribution in [2.45, 2.75) is 12.5 Å². The number of hydrogen-bond acceptors (Lipinski definition) is 7. The summed E-state index contributed by atoms with van der Waals surface area (Å²) >= 11 is 0. The summed E-state index contributed by atoms with van der Waals surface area (Å²) in [5.74, 6) is 0.334. The molecule has 0 saturated carbocycles. The molecule has 0 amide bonds. The fraction of sp³-hybridized carbons (Fsp3) is 0.261. The number of nitrogens with zero attached hydrogens (tertiary/aromatic N) is 6. The molecule has 9 heteroatoms. The molecular weight excluding hydrogens is 404 g/mol. The van der Waals surface area contributed by atoms with E-state index >= 15 is 0 Å². The molecule has 6 rings (SSSR count). The van der Waals surface area contributed by atoms with Gasteiger partial charge in [0.15, 0.2) is 5.58 Å². The number of rotatable bonds is 5. The van der Waals surface area contributed by atoms with Gasteiger partial charge >= 0.3 is 0 Å². The van der Waals surface area contributed by atoms with Crippen molar-refractivity contribution in [2.24, 2.45) is 11.8 Å². The van der Waals surface area contributed by atoms with Gasteiger partial charge in [0.25, 0.3) is 0 Å². The molecule has 1 aromatic carbocycles. The lowest BCUT2D eigenvalue weighted by Gasteiger charge is -2.24. The molecule has 3 atom stereocenters. The molecular formula is C23H20N8O. The van der Waals surface area contributed by atoms with Crippen molar-refractivity contribution in [3.63, 3.8) is 0 Å². The minimum absolute atomic E-state index is 0.183. The minimum Gasteiger partial charge on any atom is -0.438 e. The Bertz CT molecular complexity index is 1400. The predicted molar refractivity (Wildman–Crippen MR) is 117 cm³/mol. The summed E-state index contributed by atoms with van der Waals surface area (Å²) in [6, 6.07) is 11.7. The molecule has 1 fully saturated rings. The molecule has 5 aromatic rings. The lowest BCUT2D eigenvalue weighted by Crippen LogP contribution is -2.28. The highest BCUT2D eigenvalue weighted by Gasteiger charge is 2.37. The molecule has 3 unspecified atom stereocenters. The van der Waals surface area contributed by atoms with Gasteiger partial charge in [-0.2, -0.15) is 10.4 Å². The first-order chi connectivity index (χ1) is 15.8. The summed E-state index contributed by atoms with van der Waals surface area (Å²) in [5.41, 5.74) is 3.87. The molecule has 158 valence electrons. The monoisotopic (exact) mass is 424 g/mol. The number of nitrogens with one attached hydrogen (secondary N) is 2. The number of H-pyrrole nitrogens is 1. The first kappa shape index (κ1) is 18.7. The maximum Gasteiger partial charge on any atom is 0.221 e. The zero-order chi connectivity index (χ0) is 21.5. The number of aromatic nitrogens is 6. The standard InChI is InChI=1S/C23H20N8O/c24-9-17(14-5-7-25-10-14)21(23-30-18-3-1-2-4-19(18)32-23)31-12-15(11-29-31)20-16-6-8-26-22(16)28-13-27-20/h1-4,6,8,11-14,17,21,25H,5,7,10H2,(H,26,27,28). The van der Waals surface area contributed by atoms with Crippen LogP contribution in [0, 0.1) is 23.2 Å². The molecule has 5 heterocycles. The van der Waals surface area contributed by atoms with Crippen molar-refractivity contribution in [1.29, 1.82) is 5.26 Å². The average Bonchev–Trinajstić information content (AvgIpc) is 3.61. The molecule has 1 aliphatic heterocycles. The van der Waals surface area contributed by atoms with Crippen LogP contribution < -0.4 is 5.32 Å². The van der Waals surface area contributed by atoms with Gasteiger partial charge in [-0.05, 0) is 43.6 Å². The largest absolute Gasteiger partial charge is 0.438 e. The van der Waals surface area contributed by atoms with Crippen molar-refractivity contribution in [1.82, 2.24) is 35.0 Å². The summed E-state index contributed by atoms with van der Waals surface area (Å²) in [5, 5.41) is 19.1. The topological polar surface area (TPSA) is 121 Å². The maximum absolute atomic E-state index is 10.2. The third kappa shape index (κ3) is 3.04. The zero-order valence-corrected chi connectivity index (χ0v) is 17.1. The van der Waals surface area contributed by atoms with E-state index in [-0.39, 0.29) is 11.8 Å². The fourth-order valence-corrected chi connectivity index (χ4v) is 4.58. The van der Waals surface area contributed by atoms with E-state index in [1.165, 1.54) is 6.33 Å². The Morgan fingerprint density at radius 1 is 1.22 bits per heavy atom. The normalized spacial score (nSPS) is 18.2. The number of oxazole rings is 1. The van der Waals surface area contributed by atoms with Gasteiger partial charge in [-0.3, -0.25) is 4.68 Å². The SMILES string of the molecule is N#CC(C1CCNC1)C(c1nc2ccccc2o1)n1cc(-c2ncnc3[nH]ccc23)cn1. The average molecular weight is 424 g/mol. The molecule has 32 heavy (non-hydrogen) atoms. The highest BCUT2D eigenvalue weighted by Crippen LogP contribution is 2.36. The van der Waals surface area contributed by atoms with Gasteiger partial charge in [0.2, 0.25) is 5.89 Å². The number of para-hydroxylation sites is 2. The Morgan fingerprint density at radius 2 is 2.16 bits per heavy atom. The number of fused-ring (bicyclic) bond motifs is 2. The number of nitriles is 1. The zero-order valence-electron chi connectivity index (χ0n) is 17.1. The van der Waals surface area contributed by atoms with Gasteiger partial charge < -0.3 is 14.7 Å². The van der Waals surface area contributed by atoms with Gasteiger partial charge in [-0.15, -0.1) is 0 Å². The van der Waals surface area contributed by atoms with E-state index < -0.39 is 6.04 Å². The maximum atomic E-state index is 10.2. The molecule has 2 N–H and O–H groups in total. The van der Waals surface area contributed by atoms with Gasteiger partial charge in [-0.1, -0.05) is 12.1 Å². The summed E-state index contributed by atoms with van der Waals surface area (Å²) < 4.78 is 7.92. The van der Waals surface area contributed by atoms with Crippen molar-refractivity contribution in [3.8, 4) is 17.3 Å². The van der Waals surface area contributed by atoms with Crippen LogP contribution in [-0.2, 0) is 0 Å². The Kier molecular flexibility index (Phi) is 4.44. The van der Waals surface area contributed by atoms with E-state index in [2.05, 4.69) is 31.4 Å². The Balaban J connectivity index is 1.47. The van der Waals surface area contributed by atoms with Gasteiger partial charge in [0.1, 0.15) is 23.5 Å². The minimum atomic E-state index is -0.449. The van der Waals surface area contributed by atoms with Crippen LogP contribution in [0.2, 0.25) is 0 Å². The van der Waals surface area contributed by atoms with E-state index in [4.69, 9.17) is 9.40 Å². The highest BCUT2D eigenvalue weighted by atomic mass is 16.3. The van der Waals surface area contributed by atoms with Gasteiger partial charge in [-0.25, -0.2) is 15.0 Å². The molecule has 0 spiro atoms. The number of hydrogen-bond donors (Lipinski definition) is 2. The van der Waals surface area contributed by atoms with Gasteiger partial charge in [0, 0.05) is 23.3 Å². The fourth-order valence-electron chi connectivity index (χ4n) is 4.58. The third-order valence-corrected chi connectivity index (χ3v) is 6.17. The van der Waals surface area contributed by atoms with E-state index in [0.29, 0.717) is 11.5 Å². The van der Waals surface area contributed by atoms with Gasteiger partial charge in [0.05, 0.1) is 23.9 Å². The summed E-state index contributed by atoms with van der Waals surface area (Å²) in [6.07, 6.45) is 7.99. The van der Waals surface area contributed by atoms with Crippen LogP contribution in [0.5, 0.6) is 0 Å². The van der Waals surface area contributed by atoms with Crippen molar-refractivity contribution in [2.75, 3.05) is 13.1 Å². The van der Waals surface area contributed by atoms with Crippen LogP contribution in [0.4, 0.5) is 0 Å². The Labute approximate surface area is 183 Å². The number of benzene rings is 1. The van der Waals surface area contributed by atoms with Crippen LogP contribution in [0.15, 0.2) is 59.7 Å². The number of aromatic amines is 1. The lowest BCUT2D eigenvalue weighted by molar-refractivity contribution is 0.278. The first-order valence-corrected chi connectivity index (χ1v) is 10.6. The molecule has 9 nitrogen and oxygen atoms in total. The first-order valence-electron chi connectivity index (χ1n) is 10.6. The molecule has 0 aliphatic carbocycles.